The number of ketones is 1. The second kappa shape index (κ2) is 13.6. The first-order valence-corrected chi connectivity index (χ1v) is 14.2. The van der Waals surface area contributed by atoms with Gasteiger partial charge < -0.3 is 19.4 Å². The van der Waals surface area contributed by atoms with Gasteiger partial charge in [0.25, 0.3) is 5.56 Å². The van der Waals surface area contributed by atoms with Crippen LogP contribution in [-0.2, 0) is 12.6 Å². The topological polar surface area (TPSA) is 84.3 Å². The average Bonchev–Trinajstić information content (AvgIpc) is 3.35. The van der Waals surface area contributed by atoms with Crippen molar-refractivity contribution in [2.24, 2.45) is 7.05 Å². The van der Waals surface area contributed by atoms with Crippen molar-refractivity contribution in [2.75, 3.05) is 0 Å². The number of carbonyl (C=O) groups excluding carboxylic acids is 1. The van der Waals surface area contributed by atoms with Crippen LogP contribution >= 0.6 is 0 Å². The van der Waals surface area contributed by atoms with Gasteiger partial charge >= 0.3 is 0 Å². The van der Waals surface area contributed by atoms with Crippen molar-refractivity contribution in [2.45, 2.75) is 87.7 Å². The van der Waals surface area contributed by atoms with Gasteiger partial charge in [0, 0.05) is 36.2 Å². The lowest BCUT2D eigenvalue weighted by atomic mass is 9.93. The lowest BCUT2D eigenvalue weighted by molar-refractivity contribution is 0.0786. The van der Waals surface area contributed by atoms with E-state index in [2.05, 4.69) is 37.9 Å². The van der Waals surface area contributed by atoms with Crippen molar-refractivity contribution >= 4 is 16.7 Å². The molecular weight excluding hydrogens is 500 g/mol. The minimum atomic E-state index is -1.08. The third kappa shape index (κ3) is 7.11. The number of aryl methyl sites for hydroxylation is 4. The number of carbonyl (C=O) groups is 1. The van der Waals surface area contributed by atoms with Crippen LogP contribution < -0.4 is 10.3 Å². The van der Waals surface area contributed by atoms with Crippen LogP contribution in [0, 0.1) is 20.8 Å². The number of aliphatic hydroxyl groups is 1. The fourth-order valence-electron chi connectivity index (χ4n) is 4.54. The molecule has 4 rings (SSSR count). The lowest BCUT2D eigenvalue weighted by Crippen LogP contribution is -2.17. The fourth-order valence-corrected chi connectivity index (χ4v) is 4.54. The molecule has 0 aliphatic heterocycles. The SMILES string of the molecule is CC.CCC.CCC(=O)c1cc2c(-c3cc(C(C)(C)O)ccc3Oc3c(C)cc(C)cc3C)cn(C)c(=O)c2[nH]1. The standard InChI is InChI=1S/C29H32N2O4.C3H8.C2H6/c1-8-24(32)23-14-21-22(15-31(7)28(33)26(21)30-23)20-13-19(29(5,6)34)9-10-25(20)35-27-17(3)11-16(2)12-18(27)4;1-3-2;1-2/h9-15,30,34H,8H2,1-7H3;3H2,1-2H3;1-2H3. The molecule has 0 saturated carbocycles. The molecule has 4 aromatic rings. The third-order valence-corrected chi connectivity index (χ3v) is 6.38. The molecule has 0 aliphatic rings. The number of pyridine rings is 1. The summed E-state index contributed by atoms with van der Waals surface area (Å²) in [6, 6.07) is 11.5. The van der Waals surface area contributed by atoms with Gasteiger partial charge in [0.15, 0.2) is 5.78 Å². The molecule has 2 aromatic carbocycles. The van der Waals surface area contributed by atoms with Gasteiger partial charge in [0.1, 0.15) is 17.0 Å². The highest BCUT2D eigenvalue weighted by Gasteiger charge is 2.23. The van der Waals surface area contributed by atoms with Gasteiger partial charge in [-0.2, -0.15) is 0 Å². The summed E-state index contributed by atoms with van der Waals surface area (Å²) in [7, 11) is 1.68. The highest BCUT2D eigenvalue weighted by atomic mass is 16.5. The summed E-state index contributed by atoms with van der Waals surface area (Å²) >= 11 is 0. The molecule has 0 unspecified atom stereocenters. The Morgan fingerprint density at radius 2 is 1.55 bits per heavy atom. The van der Waals surface area contributed by atoms with Crippen LogP contribution in [0.4, 0.5) is 0 Å². The number of rotatable bonds is 6. The zero-order valence-corrected chi connectivity index (χ0v) is 26.1. The number of benzene rings is 2. The predicted molar refractivity (Wildman–Crippen MR) is 167 cm³/mol. The van der Waals surface area contributed by atoms with Gasteiger partial charge in [0.2, 0.25) is 0 Å². The number of nitrogens with one attached hydrogen (secondary N) is 1. The maximum atomic E-state index is 12.9. The molecule has 216 valence electrons. The Balaban J connectivity index is 0.00000105. The van der Waals surface area contributed by atoms with Crippen LogP contribution in [0.2, 0.25) is 0 Å². The van der Waals surface area contributed by atoms with E-state index < -0.39 is 5.60 Å². The van der Waals surface area contributed by atoms with Gasteiger partial charge in [-0.1, -0.05) is 64.8 Å². The van der Waals surface area contributed by atoms with Crippen LogP contribution in [0.15, 0.2) is 47.4 Å². The minimum Gasteiger partial charge on any atom is -0.456 e. The molecule has 2 aromatic heterocycles. The number of nitrogens with zero attached hydrogens (tertiary/aromatic N) is 1. The highest BCUT2D eigenvalue weighted by molar-refractivity contribution is 6.03. The quantitative estimate of drug-likeness (QED) is 0.237. The van der Waals surface area contributed by atoms with E-state index in [-0.39, 0.29) is 11.3 Å². The predicted octanol–water partition coefficient (Wildman–Crippen LogP) is 8.51. The first-order chi connectivity index (χ1) is 18.8. The van der Waals surface area contributed by atoms with Crippen LogP contribution in [0.3, 0.4) is 0 Å². The Morgan fingerprint density at radius 3 is 2.08 bits per heavy atom. The number of Topliss-reactive ketones (excluding diaryl/α,β-unsaturated/α-hetero) is 1. The van der Waals surface area contributed by atoms with Crippen molar-refractivity contribution in [1.82, 2.24) is 9.55 Å². The third-order valence-electron chi connectivity index (χ3n) is 6.38. The molecule has 0 spiro atoms. The van der Waals surface area contributed by atoms with Gasteiger partial charge in [-0.05, 0) is 69.5 Å². The van der Waals surface area contributed by atoms with E-state index in [0.29, 0.717) is 34.3 Å². The summed E-state index contributed by atoms with van der Waals surface area (Å²) < 4.78 is 7.99. The van der Waals surface area contributed by atoms with E-state index in [1.165, 1.54) is 11.0 Å². The first-order valence-electron chi connectivity index (χ1n) is 14.2. The Morgan fingerprint density at radius 1 is 0.975 bits per heavy atom. The molecule has 0 saturated heterocycles. The molecule has 0 radical (unpaired) electrons. The number of hydrogen-bond donors (Lipinski definition) is 2. The van der Waals surface area contributed by atoms with Crippen molar-refractivity contribution in [3.8, 4) is 22.6 Å². The monoisotopic (exact) mass is 546 g/mol. The molecule has 0 fully saturated rings. The molecule has 0 amide bonds. The Hall–Kier alpha value is -3.64. The maximum absolute atomic E-state index is 12.9. The Kier molecular flexibility index (Phi) is 11.1. The van der Waals surface area contributed by atoms with E-state index in [0.717, 1.165) is 33.6 Å². The molecule has 40 heavy (non-hydrogen) atoms. The van der Waals surface area contributed by atoms with Crippen molar-refractivity contribution < 1.29 is 14.6 Å². The summed E-state index contributed by atoms with van der Waals surface area (Å²) in [5, 5.41) is 11.4. The smallest absolute Gasteiger partial charge is 0.274 e. The van der Waals surface area contributed by atoms with E-state index in [1.807, 2.05) is 45.9 Å². The van der Waals surface area contributed by atoms with E-state index in [1.54, 1.807) is 40.1 Å². The molecule has 6 nitrogen and oxygen atoms in total. The maximum Gasteiger partial charge on any atom is 0.274 e. The van der Waals surface area contributed by atoms with Crippen LogP contribution in [0.25, 0.3) is 22.0 Å². The number of ether oxygens (including phenoxy) is 1. The van der Waals surface area contributed by atoms with E-state index >= 15 is 0 Å². The molecule has 6 heteroatoms. The number of aromatic nitrogens is 2. The number of H-pyrrole nitrogens is 1. The molecule has 0 bridgehead atoms. The molecular formula is C34H46N2O4. The van der Waals surface area contributed by atoms with Gasteiger partial charge in [-0.3, -0.25) is 9.59 Å². The van der Waals surface area contributed by atoms with Crippen molar-refractivity contribution in [3.05, 3.63) is 80.9 Å². The molecule has 2 N–H and O–H groups in total. The fraction of sp³-hybridized carbons (Fsp3) is 0.412. The van der Waals surface area contributed by atoms with Crippen molar-refractivity contribution in [3.63, 3.8) is 0 Å². The van der Waals surface area contributed by atoms with Gasteiger partial charge in [-0.15, -0.1) is 0 Å². The minimum absolute atomic E-state index is 0.0678. The summed E-state index contributed by atoms with van der Waals surface area (Å²) in [5.41, 5.74) is 4.82. The average molecular weight is 547 g/mol. The first kappa shape index (κ1) is 32.6. The summed E-state index contributed by atoms with van der Waals surface area (Å²) in [6.07, 6.45) is 3.33. The van der Waals surface area contributed by atoms with E-state index in [9.17, 15) is 14.7 Å². The zero-order valence-electron chi connectivity index (χ0n) is 26.1. The molecule has 0 atom stereocenters. The van der Waals surface area contributed by atoms with Crippen LogP contribution in [-0.4, -0.2) is 20.4 Å². The normalized spacial score (nSPS) is 10.9. The van der Waals surface area contributed by atoms with Crippen LogP contribution in [0.1, 0.15) is 94.1 Å². The Bertz CT molecular complexity index is 1510. The van der Waals surface area contributed by atoms with Crippen molar-refractivity contribution in [1.29, 1.82) is 0 Å². The number of aromatic amines is 1. The second-order valence-electron chi connectivity index (χ2n) is 10.5. The largest absolute Gasteiger partial charge is 0.456 e. The second-order valence-corrected chi connectivity index (χ2v) is 10.5. The molecule has 0 aliphatic carbocycles. The summed E-state index contributed by atoms with van der Waals surface area (Å²) in [4.78, 5) is 28.4. The number of fused-ring (bicyclic) bond motifs is 1. The summed E-state index contributed by atoms with van der Waals surface area (Å²) in [5.74, 6) is 1.30. The van der Waals surface area contributed by atoms with Crippen LogP contribution in [0.5, 0.6) is 11.5 Å². The van der Waals surface area contributed by atoms with E-state index in [4.69, 9.17) is 4.74 Å². The summed E-state index contributed by atoms with van der Waals surface area (Å²) in [6.45, 7) is 19.6. The molecule has 2 heterocycles. The highest BCUT2D eigenvalue weighted by Crippen LogP contribution is 2.41. The Labute approximate surface area is 239 Å². The zero-order chi connectivity index (χ0) is 30.4. The number of hydrogen-bond acceptors (Lipinski definition) is 4. The van der Waals surface area contributed by atoms with Gasteiger partial charge in [0.05, 0.1) is 11.3 Å². The van der Waals surface area contributed by atoms with Gasteiger partial charge in [-0.25, -0.2) is 0 Å². The lowest BCUT2D eigenvalue weighted by Gasteiger charge is -2.22.